The molecule has 1 fully saturated rings. The number of nitrogens with one attached hydrogen (secondary N) is 1. The lowest BCUT2D eigenvalue weighted by molar-refractivity contribution is 0.291. The third-order valence-electron chi connectivity index (χ3n) is 2.73. The minimum Gasteiger partial charge on any atom is -0.491 e. The molecule has 1 saturated carbocycles. The maximum Gasteiger partial charge on any atom is 0.166 e. The highest BCUT2D eigenvalue weighted by atomic mass is 79.9. The van der Waals surface area contributed by atoms with Crippen LogP contribution in [0.25, 0.3) is 0 Å². The number of rotatable bonds is 7. The van der Waals surface area contributed by atoms with E-state index in [0.717, 1.165) is 29.9 Å². The van der Waals surface area contributed by atoms with Crippen molar-refractivity contribution in [2.45, 2.75) is 31.7 Å². The second-order valence-electron chi connectivity index (χ2n) is 4.36. The van der Waals surface area contributed by atoms with Crippen molar-refractivity contribution in [1.29, 1.82) is 0 Å². The van der Waals surface area contributed by atoms with Gasteiger partial charge in [0.1, 0.15) is 0 Å². The molecule has 0 radical (unpaired) electrons. The second kappa shape index (κ2) is 6.36. The van der Waals surface area contributed by atoms with E-state index in [1.165, 1.54) is 18.9 Å². The van der Waals surface area contributed by atoms with Gasteiger partial charge < -0.3 is 10.1 Å². The zero-order valence-corrected chi connectivity index (χ0v) is 11.3. The highest BCUT2D eigenvalue weighted by Crippen LogP contribution is 2.21. The first-order chi connectivity index (χ1) is 8.25. The van der Waals surface area contributed by atoms with Crippen LogP contribution in [0.15, 0.2) is 22.7 Å². The second-order valence-corrected chi connectivity index (χ2v) is 5.27. The van der Waals surface area contributed by atoms with E-state index in [-0.39, 0.29) is 5.82 Å². The van der Waals surface area contributed by atoms with Gasteiger partial charge in [-0.25, -0.2) is 4.39 Å². The molecule has 4 heteroatoms. The molecule has 0 atom stereocenters. The van der Waals surface area contributed by atoms with Gasteiger partial charge in [-0.3, -0.25) is 0 Å². The molecular formula is C13H17BrFNO. The van der Waals surface area contributed by atoms with Gasteiger partial charge in [-0.2, -0.15) is 0 Å². The Balaban J connectivity index is 1.60. The molecule has 0 bridgehead atoms. The van der Waals surface area contributed by atoms with Crippen LogP contribution in [0, 0.1) is 5.82 Å². The maximum atomic E-state index is 13.4. The van der Waals surface area contributed by atoms with Crippen molar-refractivity contribution in [1.82, 2.24) is 5.32 Å². The molecule has 1 aliphatic rings. The third kappa shape index (κ3) is 4.64. The summed E-state index contributed by atoms with van der Waals surface area (Å²) in [5.74, 6) is 0.0267. The molecule has 94 valence electrons. The number of benzene rings is 1. The fraction of sp³-hybridized carbons (Fsp3) is 0.538. The van der Waals surface area contributed by atoms with Crippen LogP contribution < -0.4 is 10.1 Å². The third-order valence-corrected chi connectivity index (χ3v) is 3.23. The predicted molar refractivity (Wildman–Crippen MR) is 69.9 cm³/mol. The lowest BCUT2D eigenvalue weighted by Gasteiger charge is -2.07. The molecule has 0 heterocycles. The summed E-state index contributed by atoms with van der Waals surface area (Å²) in [5, 5.41) is 3.44. The minimum absolute atomic E-state index is 0.310. The first kappa shape index (κ1) is 12.8. The number of hydrogen-bond acceptors (Lipinski definition) is 2. The van der Waals surface area contributed by atoms with Gasteiger partial charge in [0, 0.05) is 10.5 Å². The summed E-state index contributed by atoms with van der Waals surface area (Å²) in [5.41, 5.74) is 0. The Morgan fingerprint density at radius 3 is 2.88 bits per heavy atom. The summed E-state index contributed by atoms with van der Waals surface area (Å²) in [4.78, 5) is 0. The fourth-order valence-corrected chi connectivity index (χ4v) is 1.93. The summed E-state index contributed by atoms with van der Waals surface area (Å²) in [6, 6.07) is 5.62. The van der Waals surface area contributed by atoms with Crippen molar-refractivity contribution in [3.63, 3.8) is 0 Å². The first-order valence-electron chi connectivity index (χ1n) is 6.07. The highest BCUT2D eigenvalue weighted by molar-refractivity contribution is 9.10. The number of hydrogen-bond donors (Lipinski definition) is 1. The van der Waals surface area contributed by atoms with E-state index in [9.17, 15) is 4.39 Å². The molecule has 2 nitrogen and oxygen atoms in total. The molecule has 2 rings (SSSR count). The van der Waals surface area contributed by atoms with Gasteiger partial charge in [-0.05, 0) is 50.4 Å². The van der Waals surface area contributed by atoms with E-state index < -0.39 is 0 Å². The van der Waals surface area contributed by atoms with Gasteiger partial charge in [0.15, 0.2) is 11.6 Å². The molecule has 1 aromatic carbocycles. The molecule has 0 unspecified atom stereocenters. The molecule has 0 saturated heterocycles. The topological polar surface area (TPSA) is 21.3 Å². The van der Waals surface area contributed by atoms with Crippen LogP contribution in [-0.4, -0.2) is 19.2 Å². The van der Waals surface area contributed by atoms with Crippen molar-refractivity contribution in [2.24, 2.45) is 0 Å². The largest absolute Gasteiger partial charge is 0.491 e. The molecule has 17 heavy (non-hydrogen) atoms. The van der Waals surface area contributed by atoms with Crippen molar-refractivity contribution in [3.05, 3.63) is 28.5 Å². The maximum absolute atomic E-state index is 13.4. The lowest BCUT2D eigenvalue weighted by Crippen LogP contribution is -2.17. The Labute approximate surface area is 110 Å². The van der Waals surface area contributed by atoms with Crippen molar-refractivity contribution < 1.29 is 9.13 Å². The van der Waals surface area contributed by atoms with Gasteiger partial charge in [-0.1, -0.05) is 15.9 Å². The van der Waals surface area contributed by atoms with Crippen LogP contribution >= 0.6 is 15.9 Å². The average Bonchev–Trinajstić information content (AvgIpc) is 3.09. The minimum atomic E-state index is -0.310. The Hall–Kier alpha value is -0.610. The molecule has 0 aliphatic heterocycles. The predicted octanol–water partition coefficient (Wildman–Crippen LogP) is 3.50. The van der Waals surface area contributed by atoms with E-state index in [0.29, 0.717) is 12.4 Å². The van der Waals surface area contributed by atoms with E-state index >= 15 is 0 Å². The molecule has 0 spiro atoms. The van der Waals surface area contributed by atoms with Crippen LogP contribution in [0.2, 0.25) is 0 Å². The van der Waals surface area contributed by atoms with Gasteiger partial charge in [0.05, 0.1) is 6.61 Å². The van der Waals surface area contributed by atoms with Crippen LogP contribution in [0.4, 0.5) is 4.39 Å². The normalized spacial score (nSPS) is 14.9. The summed E-state index contributed by atoms with van der Waals surface area (Å²) in [6.45, 7) is 1.61. The summed E-state index contributed by atoms with van der Waals surface area (Å²) in [6.07, 6.45) is 4.67. The molecule has 0 aromatic heterocycles. The number of unbranched alkanes of at least 4 members (excludes halogenated alkanes) is 1. The summed E-state index contributed by atoms with van der Waals surface area (Å²) < 4.78 is 19.5. The van der Waals surface area contributed by atoms with Crippen LogP contribution in [0.3, 0.4) is 0 Å². The molecule has 0 amide bonds. The summed E-state index contributed by atoms with van der Waals surface area (Å²) >= 11 is 3.21. The SMILES string of the molecule is Fc1cc(Br)ccc1OCCCCNC1CC1. The fourth-order valence-electron chi connectivity index (χ4n) is 1.60. The quantitative estimate of drug-likeness (QED) is 0.778. The smallest absolute Gasteiger partial charge is 0.166 e. The first-order valence-corrected chi connectivity index (χ1v) is 6.86. The Morgan fingerprint density at radius 1 is 1.35 bits per heavy atom. The molecular weight excluding hydrogens is 285 g/mol. The van der Waals surface area contributed by atoms with E-state index in [2.05, 4.69) is 21.2 Å². The zero-order chi connectivity index (χ0) is 12.1. The van der Waals surface area contributed by atoms with Crippen molar-refractivity contribution in [2.75, 3.05) is 13.2 Å². The number of halogens is 2. The van der Waals surface area contributed by atoms with E-state index in [1.54, 1.807) is 12.1 Å². The Morgan fingerprint density at radius 2 is 2.18 bits per heavy atom. The van der Waals surface area contributed by atoms with Gasteiger partial charge in [0.2, 0.25) is 0 Å². The van der Waals surface area contributed by atoms with Gasteiger partial charge in [-0.15, -0.1) is 0 Å². The highest BCUT2D eigenvalue weighted by Gasteiger charge is 2.19. The van der Waals surface area contributed by atoms with Crippen molar-refractivity contribution in [3.8, 4) is 5.75 Å². The van der Waals surface area contributed by atoms with Crippen LogP contribution in [0.5, 0.6) is 5.75 Å². The van der Waals surface area contributed by atoms with Crippen LogP contribution in [-0.2, 0) is 0 Å². The average molecular weight is 302 g/mol. The Kier molecular flexibility index (Phi) is 4.80. The van der Waals surface area contributed by atoms with Crippen LogP contribution in [0.1, 0.15) is 25.7 Å². The van der Waals surface area contributed by atoms with E-state index in [4.69, 9.17) is 4.74 Å². The van der Waals surface area contributed by atoms with Crippen molar-refractivity contribution >= 4 is 15.9 Å². The summed E-state index contributed by atoms with van der Waals surface area (Å²) in [7, 11) is 0. The molecule has 1 aliphatic carbocycles. The van der Waals surface area contributed by atoms with Gasteiger partial charge in [0.25, 0.3) is 0 Å². The van der Waals surface area contributed by atoms with E-state index in [1.807, 2.05) is 0 Å². The molecule has 1 aromatic rings. The standard InChI is InChI=1S/C13H17BrFNO/c14-10-3-6-13(12(15)9-10)17-8-2-1-7-16-11-4-5-11/h3,6,9,11,16H,1-2,4-5,7-8H2. The lowest BCUT2D eigenvalue weighted by atomic mass is 10.3. The molecule has 1 N–H and O–H groups in total. The van der Waals surface area contributed by atoms with Gasteiger partial charge >= 0.3 is 0 Å². The zero-order valence-electron chi connectivity index (χ0n) is 9.72. The number of ether oxygens (including phenoxy) is 1. The Bertz CT molecular complexity index is 368. The monoisotopic (exact) mass is 301 g/mol.